The predicted molar refractivity (Wildman–Crippen MR) is 78.6 cm³/mol. The van der Waals surface area contributed by atoms with Crippen molar-refractivity contribution in [3.8, 4) is 0 Å². The van der Waals surface area contributed by atoms with E-state index in [1.807, 2.05) is 13.0 Å². The average molecular weight is 399 g/mol. The lowest BCUT2D eigenvalue weighted by atomic mass is 10.1. The molecule has 0 aliphatic carbocycles. The van der Waals surface area contributed by atoms with Gasteiger partial charge in [-0.25, -0.2) is 4.39 Å². The molecule has 2 aromatic rings. The van der Waals surface area contributed by atoms with Crippen LogP contribution in [0.1, 0.15) is 20.7 Å². The molecular weight excluding hydrogens is 390 g/mol. The summed E-state index contributed by atoms with van der Waals surface area (Å²) in [4.78, 5) is 2.24. The van der Waals surface area contributed by atoms with Crippen molar-refractivity contribution in [3.05, 3.63) is 54.3 Å². The van der Waals surface area contributed by atoms with Gasteiger partial charge in [-0.1, -0.05) is 6.07 Å². The fraction of sp³-hybridized carbons (Fsp3) is 0.167. The summed E-state index contributed by atoms with van der Waals surface area (Å²) in [5.41, 5.74) is 0.883. The molecule has 0 spiro atoms. The molecule has 1 unspecified atom stereocenters. The van der Waals surface area contributed by atoms with Gasteiger partial charge in [0.05, 0.1) is 9.85 Å². The van der Waals surface area contributed by atoms with E-state index in [-0.39, 0.29) is 11.2 Å². The van der Waals surface area contributed by atoms with Crippen LogP contribution >= 0.6 is 54.8 Å². The van der Waals surface area contributed by atoms with Crippen LogP contribution in [-0.4, -0.2) is 0 Å². The summed E-state index contributed by atoms with van der Waals surface area (Å²) in [6, 6.07) is 6.86. The maximum atomic E-state index is 13.1. The smallest absolute Gasteiger partial charge is 0.137 e. The fourth-order valence-corrected chi connectivity index (χ4v) is 3.74. The van der Waals surface area contributed by atoms with Crippen LogP contribution in [0.15, 0.2) is 33.2 Å². The average Bonchev–Trinajstić information content (AvgIpc) is 2.62. The Bertz CT molecular complexity index is 534. The summed E-state index contributed by atoms with van der Waals surface area (Å²) >= 11 is 14.7. The lowest BCUT2D eigenvalue weighted by Gasteiger charge is -2.08. The zero-order chi connectivity index (χ0) is 12.6. The molecule has 0 aliphatic heterocycles. The minimum Gasteiger partial charge on any atom is -0.206 e. The van der Waals surface area contributed by atoms with Gasteiger partial charge in [-0.2, -0.15) is 0 Å². The number of hydrogen-bond acceptors (Lipinski definition) is 1. The maximum Gasteiger partial charge on any atom is 0.137 e. The summed E-state index contributed by atoms with van der Waals surface area (Å²) in [5, 5.41) is -0.248. The molecule has 0 fully saturated rings. The molecule has 0 saturated carbocycles. The van der Waals surface area contributed by atoms with E-state index < -0.39 is 0 Å². The van der Waals surface area contributed by atoms with E-state index in [0.29, 0.717) is 4.47 Å². The first-order valence-corrected chi connectivity index (χ1v) is 7.68. The molecular formula is C12H8Br2ClFS. The number of alkyl halides is 1. The highest BCUT2D eigenvalue weighted by Gasteiger charge is 2.15. The molecule has 90 valence electrons. The third kappa shape index (κ3) is 2.92. The Labute approximate surface area is 125 Å². The molecule has 0 bridgehead atoms. The monoisotopic (exact) mass is 396 g/mol. The Morgan fingerprint density at radius 2 is 1.94 bits per heavy atom. The lowest BCUT2D eigenvalue weighted by molar-refractivity contribution is 0.620. The normalized spacial score (nSPS) is 12.8. The largest absolute Gasteiger partial charge is 0.206 e. The molecule has 0 N–H and O–H groups in total. The highest BCUT2D eigenvalue weighted by atomic mass is 79.9. The van der Waals surface area contributed by atoms with Gasteiger partial charge < -0.3 is 0 Å². The van der Waals surface area contributed by atoms with Crippen LogP contribution in [0.3, 0.4) is 0 Å². The molecule has 1 aromatic carbocycles. The van der Waals surface area contributed by atoms with Crippen molar-refractivity contribution in [3.63, 3.8) is 0 Å². The predicted octanol–water partition coefficient (Wildman–Crippen LogP) is 6.05. The second-order valence-corrected chi connectivity index (χ2v) is 7.02. The zero-order valence-electron chi connectivity index (χ0n) is 8.81. The third-order valence-electron chi connectivity index (χ3n) is 2.36. The van der Waals surface area contributed by atoms with E-state index in [2.05, 4.69) is 31.9 Å². The van der Waals surface area contributed by atoms with Crippen molar-refractivity contribution in [1.29, 1.82) is 0 Å². The van der Waals surface area contributed by atoms with Crippen molar-refractivity contribution in [2.24, 2.45) is 0 Å². The number of aryl methyl sites for hydroxylation is 1. The van der Waals surface area contributed by atoms with Gasteiger partial charge in [0, 0.05) is 14.2 Å². The first-order valence-electron chi connectivity index (χ1n) is 4.84. The van der Waals surface area contributed by atoms with Crippen molar-refractivity contribution < 1.29 is 4.39 Å². The van der Waals surface area contributed by atoms with Crippen LogP contribution in [-0.2, 0) is 0 Å². The molecule has 1 heterocycles. The summed E-state index contributed by atoms with van der Waals surface area (Å²) in [5.74, 6) is -0.277. The molecule has 5 heteroatoms. The van der Waals surface area contributed by atoms with Crippen molar-refractivity contribution in [2.45, 2.75) is 12.3 Å². The van der Waals surface area contributed by atoms with Gasteiger partial charge in [0.15, 0.2) is 0 Å². The van der Waals surface area contributed by atoms with Gasteiger partial charge in [-0.3, -0.25) is 0 Å². The van der Waals surface area contributed by atoms with E-state index in [4.69, 9.17) is 11.6 Å². The Balaban J connectivity index is 2.36. The van der Waals surface area contributed by atoms with Gasteiger partial charge in [0.1, 0.15) is 5.82 Å². The van der Waals surface area contributed by atoms with Crippen LogP contribution < -0.4 is 0 Å². The third-order valence-corrected chi connectivity index (χ3v) is 5.79. The minimum absolute atomic E-state index is 0.248. The lowest BCUT2D eigenvalue weighted by Crippen LogP contribution is -1.91. The Hall–Kier alpha value is 0.1000. The summed E-state index contributed by atoms with van der Waals surface area (Å²) in [6.07, 6.45) is 0. The Morgan fingerprint density at radius 1 is 1.24 bits per heavy atom. The summed E-state index contributed by atoms with van der Waals surface area (Å²) in [7, 11) is 0. The van der Waals surface area contributed by atoms with Gasteiger partial charge in [0.25, 0.3) is 0 Å². The molecule has 0 aliphatic rings. The Morgan fingerprint density at radius 3 is 2.47 bits per heavy atom. The van der Waals surface area contributed by atoms with Crippen LogP contribution in [0.2, 0.25) is 0 Å². The first kappa shape index (κ1) is 13.5. The van der Waals surface area contributed by atoms with Crippen LogP contribution in [0.5, 0.6) is 0 Å². The van der Waals surface area contributed by atoms with E-state index in [1.165, 1.54) is 10.9 Å². The maximum absolute atomic E-state index is 13.1. The number of thiophene rings is 1. The number of benzene rings is 1. The van der Waals surface area contributed by atoms with Gasteiger partial charge >= 0.3 is 0 Å². The fourth-order valence-electron chi connectivity index (χ4n) is 1.44. The minimum atomic E-state index is -0.277. The van der Waals surface area contributed by atoms with Gasteiger partial charge in [-0.15, -0.1) is 22.9 Å². The second-order valence-electron chi connectivity index (χ2n) is 3.59. The molecule has 17 heavy (non-hydrogen) atoms. The van der Waals surface area contributed by atoms with Crippen LogP contribution in [0.25, 0.3) is 0 Å². The van der Waals surface area contributed by atoms with Crippen molar-refractivity contribution in [1.82, 2.24) is 0 Å². The van der Waals surface area contributed by atoms with Gasteiger partial charge in [-0.05, 0) is 62.5 Å². The molecule has 2 rings (SSSR count). The van der Waals surface area contributed by atoms with Crippen molar-refractivity contribution in [2.75, 3.05) is 0 Å². The topological polar surface area (TPSA) is 0 Å². The standard InChI is InChI=1S/C12H8Br2ClFS/c1-6-8(13)5-11(17-6)12(15)7-2-3-10(16)9(14)4-7/h2-5,12H,1H3. The number of halogens is 4. The molecule has 1 aromatic heterocycles. The highest BCUT2D eigenvalue weighted by molar-refractivity contribution is 9.10. The Kier molecular flexibility index (Phi) is 4.29. The quantitative estimate of drug-likeness (QED) is 0.540. The van der Waals surface area contributed by atoms with E-state index in [0.717, 1.165) is 14.9 Å². The number of rotatable bonds is 2. The summed E-state index contributed by atoms with van der Waals surface area (Å²) < 4.78 is 14.6. The second kappa shape index (κ2) is 5.39. The molecule has 0 saturated heterocycles. The first-order chi connectivity index (χ1) is 7.99. The van der Waals surface area contributed by atoms with Crippen LogP contribution in [0, 0.1) is 12.7 Å². The van der Waals surface area contributed by atoms with Crippen molar-refractivity contribution >= 4 is 54.8 Å². The molecule has 0 nitrogen and oxygen atoms in total. The van der Waals surface area contributed by atoms with E-state index in [9.17, 15) is 4.39 Å². The molecule has 0 radical (unpaired) electrons. The summed E-state index contributed by atoms with van der Waals surface area (Å²) in [6.45, 7) is 2.03. The number of hydrogen-bond donors (Lipinski definition) is 0. The highest BCUT2D eigenvalue weighted by Crippen LogP contribution is 2.38. The van der Waals surface area contributed by atoms with Gasteiger partial charge in [0.2, 0.25) is 0 Å². The molecule has 1 atom stereocenters. The molecule has 0 amide bonds. The van der Waals surface area contributed by atoms with E-state index >= 15 is 0 Å². The van der Waals surface area contributed by atoms with E-state index in [1.54, 1.807) is 23.5 Å². The van der Waals surface area contributed by atoms with Crippen LogP contribution in [0.4, 0.5) is 4.39 Å². The SMILES string of the molecule is Cc1sc(C(Cl)c2ccc(F)c(Br)c2)cc1Br. The zero-order valence-corrected chi connectivity index (χ0v) is 13.6.